The first-order chi connectivity index (χ1) is 13.0. The summed E-state index contributed by atoms with van der Waals surface area (Å²) in [7, 11) is -3.04. The van der Waals surface area contributed by atoms with Gasteiger partial charge in [-0.2, -0.15) is 5.10 Å². The number of benzene rings is 2. The van der Waals surface area contributed by atoms with E-state index >= 15 is 0 Å². The van der Waals surface area contributed by atoms with Gasteiger partial charge in [0.1, 0.15) is 5.71 Å². The summed E-state index contributed by atoms with van der Waals surface area (Å²) in [6.07, 6.45) is 0.941. The van der Waals surface area contributed by atoms with Crippen LogP contribution in [-0.2, 0) is 14.6 Å². The molecule has 1 N–H and O–H groups in total. The lowest BCUT2D eigenvalue weighted by Gasteiger charge is -2.23. The third kappa shape index (κ3) is 3.88. The van der Waals surface area contributed by atoms with Crippen molar-refractivity contribution in [3.05, 3.63) is 66.2 Å². The number of sulfone groups is 1. The molecule has 2 heterocycles. The third-order valence-electron chi connectivity index (χ3n) is 4.95. The van der Waals surface area contributed by atoms with E-state index < -0.39 is 9.84 Å². The fourth-order valence-corrected chi connectivity index (χ4v) is 5.25. The van der Waals surface area contributed by atoms with Gasteiger partial charge in [0.2, 0.25) is 0 Å². The van der Waals surface area contributed by atoms with E-state index in [-0.39, 0.29) is 29.5 Å². The van der Waals surface area contributed by atoms with Crippen LogP contribution in [-0.4, -0.2) is 37.6 Å². The van der Waals surface area contributed by atoms with E-state index in [1.807, 2.05) is 65.7 Å². The predicted octanol–water partition coefficient (Wildman–Crippen LogP) is 2.30. The van der Waals surface area contributed by atoms with Crippen molar-refractivity contribution < 1.29 is 13.2 Å². The number of hydrazone groups is 1. The molecule has 2 aromatic rings. The fourth-order valence-electron chi connectivity index (χ4n) is 3.58. The van der Waals surface area contributed by atoms with Crippen LogP contribution in [0.4, 0.5) is 5.69 Å². The standard InChI is InChI=1S/C20H21N3O3S/c24-20(21-16-11-12-27(25,26)14-16)18-13-19(15-7-3-1-4-8-15)23(22-18)17-9-5-2-6-10-17/h1-10,16,19H,11-14H2,(H,21,24)/t16-,19-/m0/s1. The van der Waals surface area contributed by atoms with E-state index in [2.05, 4.69) is 10.4 Å². The zero-order chi connectivity index (χ0) is 18.9. The Bertz CT molecular complexity index is 958. The molecule has 0 aliphatic carbocycles. The first kappa shape index (κ1) is 17.7. The van der Waals surface area contributed by atoms with Crippen molar-refractivity contribution in [1.82, 2.24) is 5.32 Å². The highest BCUT2D eigenvalue weighted by Crippen LogP contribution is 2.35. The molecule has 27 heavy (non-hydrogen) atoms. The Hall–Kier alpha value is -2.67. The monoisotopic (exact) mass is 383 g/mol. The van der Waals surface area contributed by atoms with Crippen LogP contribution < -0.4 is 10.3 Å². The second kappa shape index (κ2) is 7.15. The second-order valence-corrected chi connectivity index (χ2v) is 9.16. The summed E-state index contributed by atoms with van der Waals surface area (Å²) in [6, 6.07) is 19.3. The Morgan fingerprint density at radius 2 is 1.70 bits per heavy atom. The largest absolute Gasteiger partial charge is 0.347 e. The summed E-state index contributed by atoms with van der Waals surface area (Å²) in [4.78, 5) is 12.7. The Morgan fingerprint density at radius 3 is 2.33 bits per heavy atom. The summed E-state index contributed by atoms with van der Waals surface area (Å²) < 4.78 is 23.3. The van der Waals surface area contributed by atoms with E-state index in [1.165, 1.54) is 0 Å². The predicted molar refractivity (Wildman–Crippen MR) is 105 cm³/mol. The number of nitrogens with one attached hydrogen (secondary N) is 1. The van der Waals surface area contributed by atoms with Gasteiger partial charge < -0.3 is 5.32 Å². The van der Waals surface area contributed by atoms with Gasteiger partial charge in [-0.25, -0.2) is 8.42 Å². The van der Waals surface area contributed by atoms with Gasteiger partial charge in [-0.3, -0.25) is 9.80 Å². The molecule has 7 heteroatoms. The smallest absolute Gasteiger partial charge is 0.267 e. The maximum absolute atomic E-state index is 12.7. The molecule has 2 aliphatic heterocycles. The van der Waals surface area contributed by atoms with Gasteiger partial charge in [-0.05, 0) is 24.1 Å². The Kier molecular flexibility index (Phi) is 4.70. The zero-order valence-corrected chi connectivity index (χ0v) is 15.6. The van der Waals surface area contributed by atoms with Crippen molar-refractivity contribution in [2.45, 2.75) is 24.9 Å². The minimum absolute atomic E-state index is 0.0104. The van der Waals surface area contributed by atoms with Crippen LogP contribution in [0.2, 0.25) is 0 Å². The number of rotatable bonds is 4. The van der Waals surface area contributed by atoms with Crippen molar-refractivity contribution in [3.63, 3.8) is 0 Å². The maximum Gasteiger partial charge on any atom is 0.267 e. The van der Waals surface area contributed by atoms with Gasteiger partial charge in [0, 0.05) is 12.5 Å². The molecule has 140 valence electrons. The number of para-hydroxylation sites is 1. The van der Waals surface area contributed by atoms with Crippen LogP contribution >= 0.6 is 0 Å². The highest BCUT2D eigenvalue weighted by atomic mass is 32.2. The minimum atomic E-state index is -3.04. The Labute approximate surface area is 158 Å². The Balaban J connectivity index is 1.57. The lowest BCUT2D eigenvalue weighted by atomic mass is 10.0. The number of carbonyl (C=O) groups excluding carboxylic acids is 1. The maximum atomic E-state index is 12.7. The molecule has 1 amide bonds. The van der Waals surface area contributed by atoms with Crippen LogP contribution in [0.5, 0.6) is 0 Å². The van der Waals surface area contributed by atoms with Gasteiger partial charge in [-0.1, -0.05) is 48.5 Å². The van der Waals surface area contributed by atoms with Gasteiger partial charge >= 0.3 is 0 Å². The van der Waals surface area contributed by atoms with Gasteiger partial charge in [-0.15, -0.1) is 0 Å². The van der Waals surface area contributed by atoms with Crippen molar-refractivity contribution in [2.75, 3.05) is 16.5 Å². The van der Waals surface area contributed by atoms with Crippen molar-refractivity contribution in [2.24, 2.45) is 5.10 Å². The topological polar surface area (TPSA) is 78.8 Å². The average molecular weight is 383 g/mol. The first-order valence-corrected chi connectivity index (χ1v) is 10.8. The van der Waals surface area contributed by atoms with Crippen molar-refractivity contribution in [1.29, 1.82) is 0 Å². The number of nitrogens with zero attached hydrogens (tertiary/aromatic N) is 2. The quantitative estimate of drug-likeness (QED) is 0.879. The number of anilines is 1. The molecule has 0 saturated carbocycles. The highest BCUT2D eigenvalue weighted by molar-refractivity contribution is 7.91. The molecule has 0 radical (unpaired) electrons. The molecule has 2 atom stereocenters. The van der Waals surface area contributed by atoms with E-state index in [1.54, 1.807) is 0 Å². The number of hydrogen-bond donors (Lipinski definition) is 1. The summed E-state index contributed by atoms with van der Waals surface area (Å²) in [5.41, 5.74) is 2.42. The SMILES string of the molecule is O=C(N[C@H]1CCS(=O)(=O)C1)C1=NN(c2ccccc2)[C@H](c2ccccc2)C1. The molecular weight excluding hydrogens is 362 g/mol. The molecule has 6 nitrogen and oxygen atoms in total. The first-order valence-electron chi connectivity index (χ1n) is 9.00. The van der Waals surface area contributed by atoms with Crippen LogP contribution in [0, 0.1) is 0 Å². The minimum Gasteiger partial charge on any atom is -0.347 e. The zero-order valence-electron chi connectivity index (χ0n) is 14.8. The molecule has 2 aromatic carbocycles. The van der Waals surface area contributed by atoms with Crippen molar-refractivity contribution >= 4 is 27.1 Å². The van der Waals surface area contributed by atoms with Gasteiger partial charge in [0.25, 0.3) is 5.91 Å². The summed E-state index contributed by atoms with van der Waals surface area (Å²) in [5.74, 6) is -0.138. The normalized spacial score (nSPS) is 23.9. The van der Waals surface area contributed by atoms with Crippen molar-refractivity contribution in [3.8, 4) is 0 Å². The molecule has 0 aromatic heterocycles. The molecule has 0 bridgehead atoms. The molecule has 1 fully saturated rings. The Morgan fingerprint density at radius 1 is 1.04 bits per heavy atom. The molecular formula is C20H21N3O3S. The molecule has 2 aliphatic rings. The molecule has 4 rings (SSSR count). The lowest BCUT2D eigenvalue weighted by Crippen LogP contribution is -2.39. The molecule has 0 spiro atoms. The highest BCUT2D eigenvalue weighted by Gasteiger charge is 2.35. The van der Waals surface area contributed by atoms with E-state index in [4.69, 9.17) is 0 Å². The van der Waals surface area contributed by atoms with E-state index in [0.29, 0.717) is 18.6 Å². The number of hydrogen-bond acceptors (Lipinski definition) is 5. The van der Waals surface area contributed by atoms with Gasteiger partial charge in [0.15, 0.2) is 9.84 Å². The van der Waals surface area contributed by atoms with E-state index in [9.17, 15) is 13.2 Å². The summed E-state index contributed by atoms with van der Waals surface area (Å²) >= 11 is 0. The van der Waals surface area contributed by atoms with Crippen LogP contribution in [0.3, 0.4) is 0 Å². The van der Waals surface area contributed by atoms with E-state index in [0.717, 1.165) is 11.3 Å². The molecule has 1 saturated heterocycles. The van der Waals surface area contributed by atoms with Crippen LogP contribution in [0.1, 0.15) is 24.4 Å². The lowest BCUT2D eigenvalue weighted by molar-refractivity contribution is -0.115. The second-order valence-electron chi connectivity index (χ2n) is 6.93. The van der Waals surface area contributed by atoms with Crippen LogP contribution in [0.25, 0.3) is 0 Å². The summed E-state index contributed by atoms with van der Waals surface area (Å²) in [6.45, 7) is 0. The third-order valence-corrected chi connectivity index (χ3v) is 6.71. The fraction of sp³-hybridized carbons (Fsp3) is 0.300. The van der Waals surface area contributed by atoms with Gasteiger partial charge in [0.05, 0.1) is 23.2 Å². The summed E-state index contributed by atoms with van der Waals surface area (Å²) in [5, 5.41) is 9.30. The van der Waals surface area contributed by atoms with Crippen LogP contribution in [0.15, 0.2) is 65.8 Å². The number of amides is 1. The number of carbonyl (C=O) groups is 1. The average Bonchev–Trinajstić information content (AvgIpc) is 3.27. The molecule has 0 unspecified atom stereocenters.